The summed E-state index contributed by atoms with van der Waals surface area (Å²) in [6.07, 6.45) is 5.26. The summed E-state index contributed by atoms with van der Waals surface area (Å²) < 4.78 is 0. The molecule has 2 aliphatic heterocycles. The molecular formula is C55H81N9O8. The van der Waals surface area contributed by atoms with E-state index < -0.39 is 70.8 Å². The number of rotatable bonds is 18. The Kier molecular flexibility index (Phi) is 18.5. The van der Waals surface area contributed by atoms with Crippen molar-refractivity contribution in [2.75, 3.05) is 27.2 Å². The number of benzene rings is 2. The third-order valence-corrected chi connectivity index (χ3v) is 15.2. The molecule has 2 unspecified atom stereocenters. The minimum absolute atomic E-state index is 0.0214. The van der Waals surface area contributed by atoms with Gasteiger partial charge < -0.3 is 47.0 Å². The van der Waals surface area contributed by atoms with Crippen molar-refractivity contribution in [2.24, 2.45) is 16.7 Å². The minimum atomic E-state index is -0.977. The Labute approximate surface area is 426 Å². The van der Waals surface area contributed by atoms with Gasteiger partial charge >= 0.3 is 0 Å². The van der Waals surface area contributed by atoms with Gasteiger partial charge in [-0.25, -0.2) is 0 Å². The van der Waals surface area contributed by atoms with Crippen LogP contribution in [0.4, 0.5) is 0 Å². The molecule has 6 rings (SSSR count). The Morgan fingerprint density at radius 3 is 1.50 bits per heavy atom. The summed E-state index contributed by atoms with van der Waals surface area (Å²) >= 11 is 0. The highest BCUT2D eigenvalue weighted by Crippen LogP contribution is 2.35. The van der Waals surface area contributed by atoms with Crippen molar-refractivity contribution in [3.05, 3.63) is 70.8 Å². The Bertz CT molecular complexity index is 2170. The third-order valence-electron chi connectivity index (χ3n) is 15.2. The summed E-state index contributed by atoms with van der Waals surface area (Å²) in [6.45, 7) is 14.7. The fraction of sp³-hybridized carbons (Fsp3) is 0.636. The molecule has 10 atom stereocenters. The van der Waals surface area contributed by atoms with E-state index in [9.17, 15) is 38.4 Å². The molecule has 0 bridgehead atoms. The van der Waals surface area contributed by atoms with Crippen LogP contribution in [0.5, 0.6) is 0 Å². The maximum atomic E-state index is 14.6. The molecule has 0 radical (unpaired) electrons. The molecule has 7 N–H and O–H groups in total. The number of nitrogens with one attached hydrogen (secondary N) is 7. The van der Waals surface area contributed by atoms with Gasteiger partial charge in [0.15, 0.2) is 0 Å². The lowest BCUT2D eigenvalue weighted by Gasteiger charge is -2.36. The molecule has 72 heavy (non-hydrogen) atoms. The van der Waals surface area contributed by atoms with E-state index in [-0.39, 0.29) is 92.6 Å². The zero-order valence-corrected chi connectivity index (χ0v) is 44.2. The quantitative estimate of drug-likeness (QED) is 0.115. The van der Waals surface area contributed by atoms with Gasteiger partial charge in [0.25, 0.3) is 0 Å². The second-order valence-corrected chi connectivity index (χ2v) is 22.8. The minimum Gasteiger partial charge on any atom is -0.351 e. The maximum Gasteiger partial charge on any atom is 0.246 e. The number of amides is 7. The number of carbonyl (C=O) groups excluding carboxylic acids is 8. The van der Waals surface area contributed by atoms with E-state index in [1.54, 1.807) is 27.9 Å². The van der Waals surface area contributed by atoms with Crippen LogP contribution >= 0.6 is 0 Å². The van der Waals surface area contributed by atoms with Gasteiger partial charge in [0.1, 0.15) is 30.0 Å². The third kappa shape index (κ3) is 13.7. The largest absolute Gasteiger partial charge is 0.351 e. The predicted molar refractivity (Wildman–Crippen MR) is 275 cm³/mol. The number of nitrogens with zero attached hydrogens (tertiary/aromatic N) is 2. The Balaban J connectivity index is 1.14. The number of aryl methyl sites for hydroxylation is 2. The first-order chi connectivity index (χ1) is 34.0. The van der Waals surface area contributed by atoms with Crippen molar-refractivity contribution in [3.8, 4) is 0 Å². The number of likely N-dealkylation sites (N-methyl/N-ethyl adjacent to an activating group) is 2. The average molecular weight is 996 g/mol. The van der Waals surface area contributed by atoms with Gasteiger partial charge in [-0.05, 0) is 118 Å². The number of hydrogen-bond donors (Lipinski definition) is 7. The van der Waals surface area contributed by atoms with Gasteiger partial charge in [-0.1, -0.05) is 90.1 Å². The highest BCUT2D eigenvalue weighted by molar-refractivity contribution is 5.96. The SMILES string of the molecule is CN[C@@H](C)C(=O)N[C@H](C(=O)N1C[C@@H](CC(=O)CCC(=O)N[C@H]2C[C@@H](C(=O)NC3CCCc4ccccc43)N(C(=O)[C@@H](NC(=O)[C@H](C)NC)C(C)(C)C)C2)C[C@H]1C(=O)NC1CCCc2ccccc21)C(C)(C)C. The molecule has 17 nitrogen and oxygen atoms in total. The van der Waals surface area contributed by atoms with Crippen LogP contribution in [-0.2, 0) is 51.2 Å². The molecular weight excluding hydrogens is 915 g/mol. The first-order valence-electron chi connectivity index (χ1n) is 26.1. The summed E-state index contributed by atoms with van der Waals surface area (Å²) in [6, 6.07) is 10.0. The summed E-state index contributed by atoms with van der Waals surface area (Å²) in [5.74, 6) is -3.22. The van der Waals surface area contributed by atoms with Gasteiger partial charge in [-0.15, -0.1) is 0 Å². The molecule has 0 saturated carbocycles. The van der Waals surface area contributed by atoms with Crippen LogP contribution in [-0.4, -0.2) is 126 Å². The summed E-state index contributed by atoms with van der Waals surface area (Å²) in [7, 11) is 3.31. The predicted octanol–water partition coefficient (Wildman–Crippen LogP) is 3.69. The van der Waals surface area contributed by atoms with Gasteiger partial charge in [0.05, 0.1) is 24.2 Å². The van der Waals surface area contributed by atoms with Crippen molar-refractivity contribution in [1.29, 1.82) is 0 Å². The van der Waals surface area contributed by atoms with Gasteiger partial charge in [-0.2, -0.15) is 0 Å². The molecule has 394 valence electrons. The first kappa shape index (κ1) is 55.6. The standard InChI is InChI=1S/C55H81N9O8/c1-32(56-9)48(67)61-46(54(3,4)5)52(71)63-30-34(28-43(63)50(69)59-41-23-15-19-35-17-11-13-21-39(35)41)27-38(65)25-26-45(66)58-37-29-44(51(70)60-42-24-16-20-36-18-12-14-22-40(36)42)64(31-37)53(72)47(55(6,7)8)62-49(68)33(2)57-10/h11-14,17-18,21-22,32-34,37,41-44,46-47,56-57H,15-16,19-20,23-31H2,1-10H3,(H,58,66)(H,59,69)(H,60,70)(H,61,67)(H,62,68)/t32-,33-,34-,37-,41?,42?,43-,44-,46+,47+/m0/s1. The van der Waals surface area contributed by atoms with Gasteiger partial charge in [-0.3, -0.25) is 38.4 Å². The lowest BCUT2D eigenvalue weighted by atomic mass is 9.85. The van der Waals surface area contributed by atoms with E-state index in [4.69, 9.17) is 0 Å². The fourth-order valence-corrected chi connectivity index (χ4v) is 10.7. The number of carbonyl (C=O) groups is 8. The van der Waals surface area contributed by atoms with Gasteiger partial charge in [0, 0.05) is 38.4 Å². The van der Waals surface area contributed by atoms with E-state index in [1.165, 1.54) is 20.9 Å². The summed E-state index contributed by atoms with van der Waals surface area (Å²) in [5, 5.41) is 21.1. The number of hydrogen-bond acceptors (Lipinski definition) is 10. The number of Topliss-reactive ketones (excluding diaryl/α,β-unsaturated/α-hetero) is 1. The van der Waals surface area contributed by atoms with E-state index in [0.717, 1.165) is 49.7 Å². The van der Waals surface area contributed by atoms with Crippen molar-refractivity contribution in [2.45, 2.75) is 180 Å². The molecule has 4 aliphatic rings. The Morgan fingerprint density at radius 1 is 0.597 bits per heavy atom. The van der Waals surface area contributed by atoms with Crippen LogP contribution in [0, 0.1) is 16.7 Å². The zero-order chi connectivity index (χ0) is 52.7. The van der Waals surface area contributed by atoms with E-state index in [0.29, 0.717) is 0 Å². The van der Waals surface area contributed by atoms with Crippen molar-refractivity contribution < 1.29 is 38.4 Å². The van der Waals surface area contributed by atoms with Crippen LogP contribution in [0.15, 0.2) is 48.5 Å². The fourth-order valence-electron chi connectivity index (χ4n) is 10.7. The number of ketones is 1. The highest BCUT2D eigenvalue weighted by atomic mass is 16.2. The second-order valence-electron chi connectivity index (χ2n) is 22.8. The normalized spacial score (nSPS) is 23.6. The molecule has 0 spiro atoms. The number of fused-ring (bicyclic) bond motifs is 2. The molecule has 2 saturated heterocycles. The maximum absolute atomic E-state index is 14.6. The lowest BCUT2D eigenvalue weighted by Crippen LogP contribution is -2.59. The molecule has 0 aromatic heterocycles. The lowest BCUT2D eigenvalue weighted by molar-refractivity contribution is -0.144. The van der Waals surface area contributed by atoms with Crippen molar-refractivity contribution in [3.63, 3.8) is 0 Å². The van der Waals surface area contributed by atoms with E-state index >= 15 is 0 Å². The molecule has 2 aliphatic carbocycles. The average Bonchev–Trinajstić information content (AvgIpc) is 3.97. The highest BCUT2D eigenvalue weighted by Gasteiger charge is 2.48. The zero-order valence-electron chi connectivity index (χ0n) is 44.2. The molecule has 17 heteroatoms. The van der Waals surface area contributed by atoms with Crippen molar-refractivity contribution >= 4 is 47.1 Å². The monoisotopic (exact) mass is 996 g/mol. The smallest absolute Gasteiger partial charge is 0.246 e. The van der Waals surface area contributed by atoms with Crippen LogP contribution in [0.2, 0.25) is 0 Å². The Hall–Kier alpha value is -5.68. The van der Waals surface area contributed by atoms with E-state index in [2.05, 4.69) is 49.4 Å². The summed E-state index contributed by atoms with van der Waals surface area (Å²) in [5.41, 5.74) is 3.00. The van der Waals surface area contributed by atoms with Crippen LogP contribution in [0.25, 0.3) is 0 Å². The molecule has 7 amide bonds. The van der Waals surface area contributed by atoms with E-state index in [1.807, 2.05) is 77.9 Å². The molecule has 2 aromatic rings. The molecule has 2 fully saturated rings. The Morgan fingerprint density at radius 2 is 1.04 bits per heavy atom. The summed E-state index contributed by atoms with van der Waals surface area (Å²) in [4.78, 5) is 115. The van der Waals surface area contributed by atoms with Crippen LogP contribution < -0.4 is 37.2 Å². The van der Waals surface area contributed by atoms with Crippen LogP contribution in [0.3, 0.4) is 0 Å². The van der Waals surface area contributed by atoms with Gasteiger partial charge in [0.2, 0.25) is 41.4 Å². The van der Waals surface area contributed by atoms with Crippen molar-refractivity contribution in [1.82, 2.24) is 47.0 Å². The topological polar surface area (TPSA) is 227 Å². The molecule has 2 aromatic carbocycles. The first-order valence-corrected chi connectivity index (χ1v) is 26.1. The van der Waals surface area contributed by atoms with Crippen LogP contribution in [0.1, 0.15) is 148 Å². The second kappa shape index (κ2) is 23.9. The number of likely N-dealkylation sites (tertiary alicyclic amines) is 2. The molecule has 2 heterocycles.